The second kappa shape index (κ2) is 13.6. The Morgan fingerprint density at radius 1 is 0.920 bits per heavy atom. The van der Waals surface area contributed by atoms with Gasteiger partial charge in [0, 0.05) is 12.8 Å². The molecule has 0 unspecified atom stereocenters. The molecule has 0 spiro atoms. The van der Waals surface area contributed by atoms with E-state index in [1.54, 1.807) is 0 Å². The number of carbonyl (C=O) groups excluding carboxylic acids is 2. The van der Waals surface area contributed by atoms with Gasteiger partial charge in [0.2, 0.25) is 0 Å². The first-order valence-corrected chi connectivity index (χ1v) is 9.31. The predicted molar refractivity (Wildman–Crippen MR) is 99.8 cm³/mol. The first-order chi connectivity index (χ1) is 12.1. The number of hydrogen-bond acceptors (Lipinski definition) is 5. The molecule has 1 aromatic rings. The molecule has 0 amide bonds. The number of hydrogen-bond donors (Lipinski definition) is 2. The fourth-order valence-electron chi connectivity index (χ4n) is 2.59. The van der Waals surface area contributed by atoms with Gasteiger partial charge in [0.1, 0.15) is 12.4 Å². The molecule has 4 N–H and O–H groups in total. The minimum absolute atomic E-state index is 0.138. The first-order valence-electron chi connectivity index (χ1n) is 9.31. The molecule has 0 bridgehead atoms. The second-order valence-electron chi connectivity index (χ2n) is 6.42. The first kappa shape index (κ1) is 21.3. The Morgan fingerprint density at radius 3 is 2.28 bits per heavy atom. The number of Topliss-reactive ketones (excluding diaryl/α,β-unsaturated/α-hetero) is 1. The third-order valence-corrected chi connectivity index (χ3v) is 4.18. The monoisotopic (exact) mass is 348 g/mol. The number of benzene rings is 1. The van der Waals surface area contributed by atoms with Crippen LogP contribution in [-0.2, 0) is 20.9 Å². The molecule has 25 heavy (non-hydrogen) atoms. The molecule has 1 atom stereocenters. The molecule has 0 radical (unpaired) electrons. The topological polar surface area (TPSA) is 95.4 Å². The van der Waals surface area contributed by atoms with Crippen LogP contribution in [0.3, 0.4) is 0 Å². The standard InChI is InChI=1S/C20H32N2O3/c21-15-9-8-12-18(22)19(23)13-6-1-2-7-14-20(24)25-16-17-10-4-3-5-11-17/h3-5,10-11,18H,1-2,6-9,12-16,21-22H2/t18-/m0/s1. The Morgan fingerprint density at radius 2 is 1.60 bits per heavy atom. The Kier molecular flexibility index (Phi) is 11.6. The summed E-state index contributed by atoms with van der Waals surface area (Å²) in [6.07, 6.45) is 7.01. The molecule has 5 nitrogen and oxygen atoms in total. The number of ether oxygens (including phenoxy) is 1. The number of rotatable bonds is 14. The third-order valence-electron chi connectivity index (χ3n) is 4.18. The van der Waals surface area contributed by atoms with Gasteiger partial charge in [0.05, 0.1) is 6.04 Å². The van der Waals surface area contributed by atoms with E-state index in [0.717, 1.165) is 50.5 Å². The fourth-order valence-corrected chi connectivity index (χ4v) is 2.59. The minimum atomic E-state index is -0.348. The van der Waals surface area contributed by atoms with Gasteiger partial charge in [-0.15, -0.1) is 0 Å². The van der Waals surface area contributed by atoms with Crippen molar-refractivity contribution in [3.63, 3.8) is 0 Å². The fraction of sp³-hybridized carbons (Fsp3) is 0.600. The van der Waals surface area contributed by atoms with Crippen molar-refractivity contribution in [3.05, 3.63) is 35.9 Å². The van der Waals surface area contributed by atoms with Crippen molar-refractivity contribution >= 4 is 11.8 Å². The summed E-state index contributed by atoms with van der Waals surface area (Å²) in [5.74, 6) is -0.0267. The number of unbranched alkanes of at least 4 members (excludes halogenated alkanes) is 4. The van der Waals surface area contributed by atoms with Gasteiger partial charge in [-0.05, 0) is 37.8 Å². The smallest absolute Gasteiger partial charge is 0.306 e. The predicted octanol–water partition coefficient (Wildman–Crippen LogP) is 3.10. The highest BCUT2D eigenvalue weighted by atomic mass is 16.5. The highest BCUT2D eigenvalue weighted by molar-refractivity contribution is 5.83. The molecule has 0 heterocycles. The van der Waals surface area contributed by atoms with Crippen LogP contribution in [0.15, 0.2) is 30.3 Å². The van der Waals surface area contributed by atoms with E-state index in [1.165, 1.54) is 0 Å². The van der Waals surface area contributed by atoms with E-state index in [9.17, 15) is 9.59 Å². The Labute approximate surface area is 151 Å². The van der Waals surface area contributed by atoms with Gasteiger partial charge in [-0.2, -0.15) is 0 Å². The molecule has 0 aliphatic carbocycles. The van der Waals surface area contributed by atoms with Gasteiger partial charge in [-0.25, -0.2) is 0 Å². The number of ketones is 1. The lowest BCUT2D eigenvalue weighted by molar-refractivity contribution is -0.145. The molecule has 0 aliphatic rings. The lowest BCUT2D eigenvalue weighted by Gasteiger charge is -2.10. The summed E-state index contributed by atoms with van der Waals surface area (Å²) in [4.78, 5) is 23.5. The third kappa shape index (κ3) is 10.7. The average molecular weight is 348 g/mol. The molecule has 0 aromatic heterocycles. The summed E-state index contributed by atoms with van der Waals surface area (Å²) >= 11 is 0. The molecule has 0 aliphatic heterocycles. The largest absolute Gasteiger partial charge is 0.461 e. The Hall–Kier alpha value is -1.72. The lowest BCUT2D eigenvalue weighted by Crippen LogP contribution is -2.30. The Bertz CT molecular complexity index is 491. The number of carbonyl (C=O) groups is 2. The van der Waals surface area contributed by atoms with Crippen LogP contribution >= 0.6 is 0 Å². The lowest BCUT2D eigenvalue weighted by atomic mass is 10.0. The van der Waals surface area contributed by atoms with E-state index in [-0.39, 0.29) is 17.8 Å². The van der Waals surface area contributed by atoms with Crippen molar-refractivity contribution < 1.29 is 14.3 Å². The second-order valence-corrected chi connectivity index (χ2v) is 6.42. The zero-order valence-electron chi connectivity index (χ0n) is 15.1. The quantitative estimate of drug-likeness (QED) is 0.398. The van der Waals surface area contributed by atoms with E-state index in [0.29, 0.717) is 26.0 Å². The molecular weight excluding hydrogens is 316 g/mol. The summed E-state index contributed by atoms with van der Waals surface area (Å²) in [5, 5.41) is 0. The van der Waals surface area contributed by atoms with Gasteiger partial charge < -0.3 is 16.2 Å². The van der Waals surface area contributed by atoms with E-state index >= 15 is 0 Å². The van der Waals surface area contributed by atoms with Crippen molar-refractivity contribution in [2.24, 2.45) is 11.5 Å². The van der Waals surface area contributed by atoms with Gasteiger partial charge in [-0.1, -0.05) is 49.6 Å². The molecule has 0 fully saturated rings. The molecule has 5 heteroatoms. The van der Waals surface area contributed by atoms with E-state index in [1.807, 2.05) is 30.3 Å². The van der Waals surface area contributed by atoms with Crippen LogP contribution in [0.2, 0.25) is 0 Å². The van der Waals surface area contributed by atoms with Crippen LogP contribution in [0.1, 0.15) is 63.4 Å². The van der Waals surface area contributed by atoms with Crippen molar-refractivity contribution in [2.45, 2.75) is 70.4 Å². The van der Waals surface area contributed by atoms with Crippen molar-refractivity contribution in [2.75, 3.05) is 6.54 Å². The zero-order valence-corrected chi connectivity index (χ0v) is 15.1. The van der Waals surface area contributed by atoms with Gasteiger partial charge in [-0.3, -0.25) is 9.59 Å². The van der Waals surface area contributed by atoms with Crippen LogP contribution in [0.5, 0.6) is 0 Å². The van der Waals surface area contributed by atoms with Crippen LogP contribution in [0, 0.1) is 0 Å². The van der Waals surface area contributed by atoms with Crippen molar-refractivity contribution in [1.82, 2.24) is 0 Å². The van der Waals surface area contributed by atoms with Crippen LogP contribution in [0.4, 0.5) is 0 Å². The van der Waals surface area contributed by atoms with Crippen molar-refractivity contribution in [3.8, 4) is 0 Å². The van der Waals surface area contributed by atoms with Crippen LogP contribution in [-0.4, -0.2) is 24.3 Å². The molecule has 1 aromatic carbocycles. The van der Waals surface area contributed by atoms with E-state index < -0.39 is 0 Å². The summed E-state index contributed by atoms with van der Waals surface area (Å²) in [6.45, 7) is 0.977. The molecular formula is C20H32N2O3. The summed E-state index contributed by atoms with van der Waals surface area (Å²) in [7, 11) is 0. The SMILES string of the molecule is NCCCC[C@H](N)C(=O)CCCCCCC(=O)OCc1ccccc1. The highest BCUT2D eigenvalue weighted by Crippen LogP contribution is 2.10. The molecule has 0 saturated heterocycles. The van der Waals surface area contributed by atoms with Crippen LogP contribution < -0.4 is 11.5 Å². The number of nitrogens with two attached hydrogens (primary N) is 2. The minimum Gasteiger partial charge on any atom is -0.461 e. The van der Waals surface area contributed by atoms with Gasteiger partial charge in [0.25, 0.3) is 0 Å². The zero-order chi connectivity index (χ0) is 18.3. The van der Waals surface area contributed by atoms with Gasteiger partial charge >= 0.3 is 5.97 Å². The average Bonchev–Trinajstić information content (AvgIpc) is 2.63. The summed E-state index contributed by atoms with van der Waals surface area (Å²) in [5.41, 5.74) is 12.3. The van der Waals surface area contributed by atoms with Crippen molar-refractivity contribution in [1.29, 1.82) is 0 Å². The van der Waals surface area contributed by atoms with Crippen LogP contribution in [0.25, 0.3) is 0 Å². The maximum atomic E-state index is 11.9. The Balaban J connectivity index is 1.98. The summed E-state index contributed by atoms with van der Waals surface area (Å²) < 4.78 is 5.23. The molecule has 1 rings (SSSR count). The molecule has 140 valence electrons. The maximum absolute atomic E-state index is 11.9. The summed E-state index contributed by atoms with van der Waals surface area (Å²) in [6, 6.07) is 9.31. The normalized spacial score (nSPS) is 11.9. The van der Waals surface area contributed by atoms with E-state index in [2.05, 4.69) is 0 Å². The highest BCUT2D eigenvalue weighted by Gasteiger charge is 2.12. The van der Waals surface area contributed by atoms with Gasteiger partial charge in [0.15, 0.2) is 0 Å². The number of esters is 1. The molecule has 0 saturated carbocycles. The maximum Gasteiger partial charge on any atom is 0.306 e. The van der Waals surface area contributed by atoms with E-state index in [4.69, 9.17) is 16.2 Å².